The number of anilines is 1. The lowest BCUT2D eigenvalue weighted by molar-refractivity contribution is -0.314. The minimum atomic E-state index is -5.90. The molecule has 2 atom stereocenters. The van der Waals surface area contributed by atoms with Gasteiger partial charge >= 0.3 is 18.3 Å². The van der Waals surface area contributed by atoms with Crippen LogP contribution in [-0.2, 0) is 9.53 Å². The second kappa shape index (κ2) is 9.03. The Morgan fingerprint density at radius 3 is 2.46 bits per heavy atom. The van der Waals surface area contributed by atoms with Gasteiger partial charge in [0.2, 0.25) is 0 Å². The molecule has 1 fully saturated rings. The summed E-state index contributed by atoms with van der Waals surface area (Å²) >= 11 is 12.4. The van der Waals surface area contributed by atoms with Crippen LogP contribution < -0.4 is 4.90 Å². The van der Waals surface area contributed by atoms with Crippen LogP contribution in [-0.4, -0.2) is 62.8 Å². The predicted molar refractivity (Wildman–Crippen MR) is 113 cm³/mol. The number of fused-ring (bicyclic) bond motifs is 1. The van der Waals surface area contributed by atoms with Gasteiger partial charge < -0.3 is 19.3 Å². The summed E-state index contributed by atoms with van der Waals surface area (Å²) in [6.07, 6.45) is -13.4. The largest absolute Gasteiger partial charge is 0.441 e. The smallest absolute Gasteiger partial charge is 0.434 e. The van der Waals surface area contributed by atoms with Crippen molar-refractivity contribution in [1.82, 2.24) is 14.5 Å². The quantitative estimate of drug-likeness (QED) is 0.380. The Balaban J connectivity index is 1.79. The Bertz CT molecular complexity index is 1240. The van der Waals surface area contributed by atoms with Gasteiger partial charge in [-0.2, -0.15) is 26.3 Å². The molecule has 4 rings (SSSR count). The molecule has 0 aliphatic carbocycles. The average Bonchev–Trinajstić information content (AvgIpc) is 3.42. The van der Waals surface area contributed by atoms with Crippen molar-refractivity contribution in [3.05, 3.63) is 47.0 Å². The number of pyridine rings is 1. The fraction of sp³-hybridized carbons (Fsp3) is 0.350. The number of rotatable bonds is 4. The number of carbonyl (C=O) groups is 1. The molecule has 1 saturated heterocycles. The number of aromatic nitrogens is 3. The van der Waals surface area contributed by atoms with Crippen molar-refractivity contribution in [2.24, 2.45) is 0 Å². The van der Waals surface area contributed by atoms with Crippen LogP contribution in [0.4, 0.5) is 32.2 Å². The molecule has 1 aliphatic rings. The van der Waals surface area contributed by atoms with Crippen LogP contribution in [0.5, 0.6) is 0 Å². The van der Waals surface area contributed by atoms with E-state index in [2.05, 4.69) is 14.7 Å². The van der Waals surface area contributed by atoms with Gasteiger partial charge in [0.15, 0.2) is 6.04 Å². The summed E-state index contributed by atoms with van der Waals surface area (Å²) in [6, 6.07) is 2.66. The minimum absolute atomic E-state index is 0.0282. The first-order chi connectivity index (χ1) is 16.3. The van der Waals surface area contributed by atoms with Crippen LogP contribution >= 0.6 is 23.2 Å². The highest BCUT2D eigenvalue weighted by molar-refractivity contribution is 6.45. The van der Waals surface area contributed by atoms with Crippen molar-refractivity contribution in [3.63, 3.8) is 0 Å². The number of alkyl halides is 6. The summed E-state index contributed by atoms with van der Waals surface area (Å²) in [6.45, 7) is -0.121. The molecule has 35 heavy (non-hydrogen) atoms. The average molecular weight is 543 g/mol. The van der Waals surface area contributed by atoms with Gasteiger partial charge in [-0.3, -0.25) is 0 Å². The fourth-order valence-corrected chi connectivity index (χ4v) is 4.15. The number of nitrogens with zero attached hydrogens (tertiary/aromatic N) is 4. The first kappa shape index (κ1) is 25.3. The van der Waals surface area contributed by atoms with Crippen molar-refractivity contribution in [2.45, 2.75) is 37.0 Å². The van der Waals surface area contributed by atoms with Crippen molar-refractivity contribution in [2.75, 3.05) is 11.4 Å². The van der Waals surface area contributed by atoms with Gasteiger partial charge in [0.25, 0.3) is 6.10 Å². The Morgan fingerprint density at radius 2 is 1.86 bits per heavy atom. The van der Waals surface area contributed by atoms with Crippen molar-refractivity contribution in [1.29, 1.82) is 0 Å². The van der Waals surface area contributed by atoms with E-state index in [-0.39, 0.29) is 34.3 Å². The number of esters is 1. The van der Waals surface area contributed by atoms with E-state index in [1.165, 1.54) is 24.7 Å². The molecule has 15 heteroatoms. The van der Waals surface area contributed by atoms with Gasteiger partial charge in [-0.25, -0.2) is 14.8 Å². The highest BCUT2D eigenvalue weighted by Gasteiger charge is 2.60. The normalized spacial score (nSPS) is 19.1. The molecule has 7 nitrogen and oxygen atoms in total. The monoisotopic (exact) mass is 542 g/mol. The second-order valence-corrected chi connectivity index (χ2v) is 8.41. The van der Waals surface area contributed by atoms with E-state index in [1.54, 1.807) is 16.8 Å². The Hall–Kier alpha value is -2.77. The van der Waals surface area contributed by atoms with Gasteiger partial charge in [-0.1, -0.05) is 23.2 Å². The van der Waals surface area contributed by atoms with Gasteiger partial charge in [-0.05, 0) is 18.6 Å². The molecule has 3 aromatic rings. The van der Waals surface area contributed by atoms with Crippen LogP contribution in [0.2, 0.25) is 10.0 Å². The molecule has 0 radical (unpaired) electrons. The van der Waals surface area contributed by atoms with Crippen LogP contribution in [0.1, 0.15) is 6.42 Å². The molecular weight excluding hydrogens is 529 g/mol. The molecule has 1 aliphatic heterocycles. The van der Waals surface area contributed by atoms with E-state index in [0.717, 1.165) is 4.90 Å². The van der Waals surface area contributed by atoms with Crippen molar-refractivity contribution in [3.8, 4) is 5.69 Å². The zero-order valence-corrected chi connectivity index (χ0v) is 18.7. The lowest BCUT2D eigenvalue weighted by Gasteiger charge is -2.29. The summed E-state index contributed by atoms with van der Waals surface area (Å²) < 4.78 is 82.9. The molecular formula is C20H14Cl2F6N4O3. The topological polar surface area (TPSA) is 80.5 Å². The zero-order chi connectivity index (χ0) is 25.7. The summed E-state index contributed by atoms with van der Waals surface area (Å²) in [5.74, 6) is -1.96. The molecule has 0 amide bonds. The molecule has 0 bridgehead atoms. The molecule has 3 heterocycles. The minimum Gasteiger partial charge on any atom is -0.441 e. The zero-order valence-electron chi connectivity index (χ0n) is 17.2. The van der Waals surface area contributed by atoms with E-state index in [4.69, 9.17) is 23.2 Å². The summed E-state index contributed by atoms with van der Waals surface area (Å²) in [4.78, 5) is 21.9. The van der Waals surface area contributed by atoms with Crippen LogP contribution in [0, 0.1) is 0 Å². The highest BCUT2D eigenvalue weighted by Crippen LogP contribution is 2.39. The Kier molecular flexibility index (Phi) is 6.53. The predicted octanol–water partition coefficient (Wildman–Crippen LogP) is 4.70. The maximum absolute atomic E-state index is 12.9. The molecule has 1 aromatic carbocycles. The molecule has 188 valence electrons. The number of hydrogen-bond donors (Lipinski definition) is 1. The van der Waals surface area contributed by atoms with Gasteiger partial charge in [-0.15, -0.1) is 0 Å². The number of hydrogen-bond acceptors (Lipinski definition) is 6. The molecule has 0 unspecified atom stereocenters. The molecule has 0 spiro atoms. The number of benzene rings is 1. The summed E-state index contributed by atoms with van der Waals surface area (Å²) in [5.41, 5.74) is 0.579. The van der Waals surface area contributed by atoms with Gasteiger partial charge in [0.1, 0.15) is 5.82 Å². The SMILES string of the molecule is O=C(OC(C(F)(F)F)C(F)(F)F)[C@@H]1[C@@H](O)CCN1c1cc(-n2ccnc2)c2ccc(Cl)c(Cl)c2n1. The standard InChI is InChI=1S/C20H14Cl2F6N4O3/c21-10-2-1-9-11(31-6-4-29-8-31)7-13(30-15(9)14(10)22)32-5-3-12(33)16(32)17(34)35-18(19(23,24)25)20(26,27)28/h1-2,4,6-8,12,16,18,33H,3,5H2/t12-,16-/m0/s1. The lowest BCUT2D eigenvalue weighted by atomic mass is 10.1. The highest BCUT2D eigenvalue weighted by atomic mass is 35.5. The van der Waals surface area contributed by atoms with Gasteiger partial charge in [0, 0.05) is 30.4 Å². The number of imidazole rings is 1. The molecule has 0 saturated carbocycles. The first-order valence-electron chi connectivity index (χ1n) is 9.84. The van der Waals surface area contributed by atoms with E-state index in [1.807, 2.05) is 0 Å². The number of aliphatic hydroxyl groups is 1. The van der Waals surface area contributed by atoms with Crippen LogP contribution in [0.3, 0.4) is 0 Å². The second-order valence-electron chi connectivity index (χ2n) is 7.62. The lowest BCUT2D eigenvalue weighted by Crippen LogP contribution is -2.51. The maximum atomic E-state index is 12.9. The van der Waals surface area contributed by atoms with E-state index in [0.29, 0.717) is 11.1 Å². The maximum Gasteiger partial charge on any atom is 0.434 e. The fourth-order valence-electron chi connectivity index (χ4n) is 3.79. The van der Waals surface area contributed by atoms with E-state index in [9.17, 15) is 36.2 Å². The van der Waals surface area contributed by atoms with Crippen LogP contribution in [0.15, 0.2) is 36.9 Å². The third kappa shape index (κ3) is 4.84. The Labute approximate surface area is 202 Å². The summed E-state index contributed by atoms with van der Waals surface area (Å²) in [7, 11) is 0. The molecule has 2 aromatic heterocycles. The van der Waals surface area contributed by atoms with Crippen LogP contribution in [0.25, 0.3) is 16.6 Å². The van der Waals surface area contributed by atoms with Gasteiger partial charge in [0.05, 0.1) is 33.7 Å². The number of carbonyl (C=O) groups excluding carboxylic acids is 1. The van der Waals surface area contributed by atoms with Crippen molar-refractivity contribution >= 4 is 45.9 Å². The van der Waals surface area contributed by atoms with E-state index >= 15 is 0 Å². The number of aliphatic hydroxyl groups excluding tert-OH is 1. The molecule has 1 N–H and O–H groups in total. The number of halogens is 8. The summed E-state index contributed by atoms with van der Waals surface area (Å²) in [5, 5.41) is 10.9. The van der Waals surface area contributed by atoms with E-state index < -0.39 is 36.6 Å². The van der Waals surface area contributed by atoms with Crippen molar-refractivity contribution < 1.29 is 41.0 Å². The number of ether oxygens (including phenoxy) is 1. The third-order valence-electron chi connectivity index (χ3n) is 5.35. The third-order valence-corrected chi connectivity index (χ3v) is 6.14. The first-order valence-corrected chi connectivity index (χ1v) is 10.6. The Morgan fingerprint density at radius 1 is 1.17 bits per heavy atom.